The minimum Gasteiger partial charge on any atom is -0.465 e. The van der Waals surface area contributed by atoms with Crippen LogP contribution < -0.4 is 5.32 Å². The van der Waals surface area contributed by atoms with Crippen molar-refractivity contribution in [3.63, 3.8) is 0 Å². The molecule has 2 fully saturated rings. The van der Waals surface area contributed by atoms with Crippen LogP contribution in [0.2, 0.25) is 0 Å². The highest BCUT2D eigenvalue weighted by molar-refractivity contribution is 5.92. The van der Waals surface area contributed by atoms with Gasteiger partial charge in [0.25, 0.3) is 0 Å². The molecule has 14 heteroatoms. The van der Waals surface area contributed by atoms with Crippen LogP contribution in [0.5, 0.6) is 0 Å². The Labute approximate surface area is 297 Å². The third-order valence-corrected chi connectivity index (χ3v) is 10.1. The Morgan fingerprint density at radius 2 is 1.81 bits per heavy atom. The summed E-state index contributed by atoms with van der Waals surface area (Å²) in [5, 5.41) is 13.2. The van der Waals surface area contributed by atoms with E-state index in [2.05, 4.69) is 10.3 Å². The van der Waals surface area contributed by atoms with E-state index in [9.17, 15) is 32.7 Å². The first kappa shape index (κ1) is 34.9. The number of benzene rings is 3. The van der Waals surface area contributed by atoms with E-state index in [0.29, 0.717) is 59.3 Å². The van der Waals surface area contributed by atoms with Gasteiger partial charge in [-0.2, -0.15) is 0 Å². The molecule has 3 N–H and O–H groups in total. The lowest BCUT2D eigenvalue weighted by molar-refractivity contribution is -0.134. The third kappa shape index (κ3) is 7.01. The Morgan fingerprint density at radius 3 is 2.58 bits per heavy atom. The number of carbonyl (C=O) groups is 3. The molecule has 2 aliphatic rings. The number of imidazole rings is 1. The van der Waals surface area contributed by atoms with Crippen LogP contribution in [0.3, 0.4) is 0 Å². The maximum Gasteiger partial charge on any atom is 0.408 e. The van der Waals surface area contributed by atoms with Crippen molar-refractivity contribution in [3.8, 4) is 11.5 Å². The number of alkyl halides is 1. The van der Waals surface area contributed by atoms with Crippen molar-refractivity contribution >= 4 is 40.0 Å². The van der Waals surface area contributed by atoms with Crippen LogP contribution in [0.1, 0.15) is 43.7 Å². The van der Waals surface area contributed by atoms with Crippen molar-refractivity contribution in [2.45, 2.75) is 76.5 Å². The Morgan fingerprint density at radius 1 is 1.04 bits per heavy atom. The van der Waals surface area contributed by atoms with Gasteiger partial charge in [0.1, 0.15) is 30.5 Å². The number of rotatable bonds is 10. The number of alkyl carbamates (subject to hydrolysis) is 1. The number of H-pyrrole nitrogens is 1. The number of ether oxygens (including phenoxy) is 1. The number of amides is 3. The number of carboxylic acid groups (broad SMARTS) is 1. The molecule has 52 heavy (non-hydrogen) atoms. The molecule has 4 atom stereocenters. The summed E-state index contributed by atoms with van der Waals surface area (Å²) in [5.41, 5.74) is 3.38. The van der Waals surface area contributed by atoms with E-state index < -0.39 is 42.1 Å². The molecule has 272 valence electrons. The van der Waals surface area contributed by atoms with Gasteiger partial charge in [-0.3, -0.25) is 4.79 Å². The van der Waals surface area contributed by atoms with E-state index in [1.807, 2.05) is 37.3 Å². The molecule has 3 amide bonds. The molecule has 0 spiro atoms. The fourth-order valence-electron chi connectivity index (χ4n) is 7.61. The van der Waals surface area contributed by atoms with E-state index in [4.69, 9.17) is 9.72 Å². The van der Waals surface area contributed by atoms with Crippen molar-refractivity contribution in [1.82, 2.24) is 29.7 Å². The standard InChI is InChI=1S/C38H39F3N6O5/c1-2-30(44-37(49)52-21-22-7-4-3-5-8-22)36(48)45-14-6-9-26(45)18-29-28-12-10-23(39)16-31(28)42-34(29)35-43-32-17-24(40)11-13-33(32)47(35)20-27-15-25(41)19-46(27)38(50)51/h3-5,7-8,10-13,16-17,25-27,30,42H,2,6,9,14-15,18-21H2,1H3,(H,44,49)(H,50,51)/t25-,26-,27-,30?/m0/s1. The number of aromatic nitrogens is 3. The molecule has 5 aromatic rings. The highest BCUT2D eigenvalue weighted by Crippen LogP contribution is 2.37. The highest BCUT2D eigenvalue weighted by atomic mass is 19.1. The van der Waals surface area contributed by atoms with E-state index in [1.165, 1.54) is 24.3 Å². The van der Waals surface area contributed by atoms with Gasteiger partial charge in [0.2, 0.25) is 5.91 Å². The van der Waals surface area contributed by atoms with Crippen LogP contribution >= 0.6 is 0 Å². The average molecular weight is 717 g/mol. The Bertz CT molecular complexity index is 2120. The smallest absolute Gasteiger partial charge is 0.408 e. The lowest BCUT2D eigenvalue weighted by Gasteiger charge is -2.29. The number of fused-ring (bicyclic) bond motifs is 2. The van der Waals surface area contributed by atoms with Crippen LogP contribution in [0, 0.1) is 11.6 Å². The number of carbonyl (C=O) groups excluding carboxylic acids is 2. The number of aromatic amines is 1. The normalized spacial score (nSPS) is 19.4. The average Bonchev–Trinajstić information content (AvgIpc) is 3.91. The summed E-state index contributed by atoms with van der Waals surface area (Å²) in [5.74, 6) is -0.867. The zero-order chi connectivity index (χ0) is 36.5. The number of halogens is 3. The Kier molecular flexibility index (Phi) is 9.80. The zero-order valence-corrected chi connectivity index (χ0v) is 28.5. The fourth-order valence-corrected chi connectivity index (χ4v) is 7.61. The number of likely N-dealkylation sites (tertiary alicyclic amines) is 2. The maximum absolute atomic E-state index is 14.6. The number of nitrogens with zero attached hydrogens (tertiary/aromatic N) is 4. The molecular weight excluding hydrogens is 677 g/mol. The predicted molar refractivity (Wildman–Crippen MR) is 187 cm³/mol. The monoisotopic (exact) mass is 716 g/mol. The molecule has 2 saturated heterocycles. The SMILES string of the molecule is CCC(NC(=O)OCc1ccccc1)C(=O)N1CCC[C@H]1Cc1c(-c2nc3cc(F)ccc3n2C[C@@H]2C[C@H](F)CN2C(=O)O)[nH]c2cc(F)ccc12. The zero-order valence-electron chi connectivity index (χ0n) is 28.5. The van der Waals surface area contributed by atoms with Crippen LogP contribution in [-0.4, -0.2) is 84.9 Å². The lowest BCUT2D eigenvalue weighted by Crippen LogP contribution is -2.50. The molecule has 0 bridgehead atoms. The summed E-state index contributed by atoms with van der Waals surface area (Å²) in [6.45, 7) is 2.14. The Hall–Kier alpha value is -5.53. The van der Waals surface area contributed by atoms with E-state index in [0.717, 1.165) is 22.4 Å². The summed E-state index contributed by atoms with van der Waals surface area (Å²) in [4.78, 5) is 49.7. The first-order valence-corrected chi connectivity index (χ1v) is 17.5. The number of hydrogen-bond donors (Lipinski definition) is 3. The number of hydrogen-bond acceptors (Lipinski definition) is 5. The van der Waals surface area contributed by atoms with Crippen molar-refractivity contribution in [2.75, 3.05) is 13.1 Å². The first-order chi connectivity index (χ1) is 25.1. The van der Waals surface area contributed by atoms with Gasteiger partial charge in [-0.1, -0.05) is 37.3 Å². The lowest BCUT2D eigenvalue weighted by atomic mass is 9.99. The van der Waals surface area contributed by atoms with Gasteiger partial charge in [-0.05, 0) is 67.1 Å². The molecule has 0 radical (unpaired) electrons. The molecule has 3 aromatic carbocycles. The van der Waals surface area contributed by atoms with E-state index in [-0.39, 0.29) is 38.1 Å². The van der Waals surface area contributed by atoms with E-state index >= 15 is 0 Å². The number of nitrogens with one attached hydrogen (secondary N) is 2. The fraction of sp³-hybridized carbons (Fsp3) is 0.368. The summed E-state index contributed by atoms with van der Waals surface area (Å²) in [6, 6.07) is 15.9. The van der Waals surface area contributed by atoms with Gasteiger partial charge in [-0.15, -0.1) is 0 Å². The molecule has 4 heterocycles. The summed E-state index contributed by atoms with van der Waals surface area (Å²) in [7, 11) is 0. The molecular formula is C38H39F3N6O5. The summed E-state index contributed by atoms with van der Waals surface area (Å²) >= 11 is 0. The summed E-state index contributed by atoms with van der Waals surface area (Å²) < 4.78 is 50.7. The maximum atomic E-state index is 14.6. The largest absolute Gasteiger partial charge is 0.465 e. The topological polar surface area (TPSA) is 133 Å². The van der Waals surface area contributed by atoms with Crippen molar-refractivity contribution in [2.24, 2.45) is 0 Å². The van der Waals surface area contributed by atoms with E-state index in [1.54, 1.807) is 21.6 Å². The second-order valence-corrected chi connectivity index (χ2v) is 13.5. The molecule has 1 unspecified atom stereocenters. The van der Waals surface area contributed by atoms with Gasteiger partial charge in [0.15, 0.2) is 5.82 Å². The molecule has 0 aliphatic carbocycles. The second-order valence-electron chi connectivity index (χ2n) is 13.5. The van der Waals surface area contributed by atoms with Crippen LogP contribution in [0.4, 0.5) is 22.8 Å². The van der Waals surface area contributed by atoms with Crippen molar-refractivity contribution in [1.29, 1.82) is 0 Å². The molecule has 11 nitrogen and oxygen atoms in total. The molecule has 2 aliphatic heterocycles. The highest BCUT2D eigenvalue weighted by Gasteiger charge is 2.38. The minimum atomic E-state index is -1.33. The molecule has 0 saturated carbocycles. The first-order valence-electron chi connectivity index (χ1n) is 17.5. The Balaban J connectivity index is 1.21. The van der Waals surface area contributed by atoms with Gasteiger partial charge >= 0.3 is 12.2 Å². The quantitative estimate of drug-likeness (QED) is 0.146. The van der Waals surface area contributed by atoms with Crippen LogP contribution in [0.15, 0.2) is 66.7 Å². The van der Waals surface area contributed by atoms with Gasteiger partial charge < -0.3 is 34.5 Å². The second kappa shape index (κ2) is 14.6. The third-order valence-electron chi connectivity index (χ3n) is 10.1. The van der Waals surface area contributed by atoms with Crippen LogP contribution in [-0.2, 0) is 29.1 Å². The van der Waals surface area contributed by atoms with Crippen molar-refractivity contribution in [3.05, 3.63) is 89.5 Å². The minimum absolute atomic E-state index is 0.0110. The summed E-state index contributed by atoms with van der Waals surface area (Å²) in [6.07, 6.45) is -1.19. The van der Waals surface area contributed by atoms with Crippen molar-refractivity contribution < 1.29 is 37.4 Å². The van der Waals surface area contributed by atoms with Crippen LogP contribution in [0.25, 0.3) is 33.5 Å². The van der Waals surface area contributed by atoms with Gasteiger partial charge in [0.05, 0.1) is 29.3 Å². The van der Waals surface area contributed by atoms with Gasteiger partial charge in [0, 0.05) is 42.5 Å². The molecule has 7 rings (SSSR count). The van der Waals surface area contributed by atoms with Gasteiger partial charge in [-0.25, -0.2) is 27.7 Å². The molecule has 2 aromatic heterocycles. The predicted octanol–water partition coefficient (Wildman–Crippen LogP) is 6.79.